The number of fused-ring (bicyclic) bond motifs is 3. The van der Waals surface area contributed by atoms with E-state index in [-0.39, 0.29) is 12.3 Å². The summed E-state index contributed by atoms with van der Waals surface area (Å²) >= 11 is 6.34. The Balaban J connectivity index is 1.55. The molecule has 2 aliphatic rings. The van der Waals surface area contributed by atoms with Crippen LogP contribution in [0.2, 0.25) is 5.02 Å². The number of ether oxygens (including phenoxy) is 3. The van der Waals surface area contributed by atoms with Crippen molar-refractivity contribution in [2.24, 2.45) is 0 Å². The molecule has 0 saturated carbocycles. The normalized spacial score (nSPS) is 19.3. The van der Waals surface area contributed by atoms with E-state index < -0.39 is 0 Å². The lowest BCUT2D eigenvalue weighted by atomic mass is 10.0. The molecule has 0 aliphatic carbocycles. The zero-order valence-corrected chi connectivity index (χ0v) is 18.8. The van der Waals surface area contributed by atoms with Crippen molar-refractivity contribution in [2.45, 2.75) is 26.1 Å². The van der Waals surface area contributed by atoms with E-state index in [0.717, 1.165) is 39.6 Å². The number of rotatable bonds is 6. The highest BCUT2D eigenvalue weighted by atomic mass is 35.5. The number of hydrogen-bond acceptors (Lipinski definition) is 5. The Morgan fingerprint density at radius 2 is 1.72 bits per heavy atom. The molecule has 0 radical (unpaired) electrons. The fraction of sp³-hybridized carbons (Fsp3) is 0.231. The Hall–Kier alpha value is -3.15. The second kappa shape index (κ2) is 8.77. The number of nitrogens with zero attached hydrogens (tertiary/aromatic N) is 1. The largest absolute Gasteiger partial charge is 0.494 e. The summed E-state index contributed by atoms with van der Waals surface area (Å²) < 4.78 is 18.0. The zero-order chi connectivity index (χ0) is 22.1. The van der Waals surface area contributed by atoms with Crippen molar-refractivity contribution < 1.29 is 14.2 Å². The fourth-order valence-corrected chi connectivity index (χ4v) is 4.39. The first kappa shape index (κ1) is 20.7. The van der Waals surface area contributed by atoms with Gasteiger partial charge in [0.25, 0.3) is 0 Å². The second-order valence-electron chi connectivity index (χ2n) is 7.62. The van der Waals surface area contributed by atoms with Gasteiger partial charge in [0.2, 0.25) is 0 Å². The molecular weight excluding hydrogens is 424 g/mol. The van der Waals surface area contributed by atoms with E-state index in [4.69, 9.17) is 25.8 Å². The van der Waals surface area contributed by atoms with Crippen LogP contribution in [0.5, 0.6) is 17.2 Å². The summed E-state index contributed by atoms with van der Waals surface area (Å²) in [6, 6.07) is 21.8. The van der Waals surface area contributed by atoms with Crippen molar-refractivity contribution in [2.75, 3.05) is 13.2 Å². The van der Waals surface area contributed by atoms with Crippen LogP contribution in [-0.4, -0.2) is 18.2 Å². The molecular formula is C26H25ClN2O3. The van der Waals surface area contributed by atoms with E-state index in [9.17, 15) is 0 Å². The lowest BCUT2D eigenvalue weighted by Crippen LogP contribution is -2.43. The molecule has 1 N–H and O–H groups in total. The van der Waals surface area contributed by atoms with Crippen LogP contribution in [0.4, 0.5) is 0 Å². The van der Waals surface area contributed by atoms with E-state index in [0.29, 0.717) is 18.2 Å². The van der Waals surface area contributed by atoms with E-state index in [1.165, 1.54) is 0 Å². The predicted octanol–water partition coefficient (Wildman–Crippen LogP) is 6.13. The third-order valence-corrected chi connectivity index (χ3v) is 5.85. The fourth-order valence-electron chi connectivity index (χ4n) is 4.21. The van der Waals surface area contributed by atoms with Gasteiger partial charge in [0.05, 0.1) is 30.5 Å². The Bertz CT molecular complexity index is 1150. The molecule has 3 aromatic rings. The first-order valence-electron chi connectivity index (χ1n) is 10.9. The van der Waals surface area contributed by atoms with Crippen LogP contribution in [0, 0.1) is 0 Å². The van der Waals surface area contributed by atoms with E-state index in [2.05, 4.69) is 28.6 Å². The van der Waals surface area contributed by atoms with E-state index in [1.54, 1.807) is 0 Å². The van der Waals surface area contributed by atoms with Crippen LogP contribution >= 0.6 is 11.6 Å². The maximum atomic E-state index is 6.48. The van der Waals surface area contributed by atoms with Gasteiger partial charge in [-0.2, -0.15) is 5.01 Å². The second-order valence-corrected chi connectivity index (χ2v) is 8.06. The molecule has 2 aliphatic heterocycles. The third-order valence-electron chi connectivity index (χ3n) is 5.62. The minimum absolute atomic E-state index is 0.0429. The van der Waals surface area contributed by atoms with Crippen LogP contribution in [-0.2, 0) is 0 Å². The van der Waals surface area contributed by atoms with E-state index in [1.807, 2.05) is 68.4 Å². The number of hydrazine groups is 1. The van der Waals surface area contributed by atoms with Gasteiger partial charge in [-0.05, 0) is 74.0 Å². The summed E-state index contributed by atoms with van der Waals surface area (Å²) in [5.41, 5.74) is 7.64. The molecule has 0 aromatic heterocycles. The molecule has 5 nitrogen and oxygen atoms in total. The Morgan fingerprint density at radius 3 is 2.50 bits per heavy atom. The molecule has 0 bridgehead atoms. The number of hydrogen-bond donors (Lipinski definition) is 1. The molecule has 0 amide bonds. The minimum Gasteiger partial charge on any atom is -0.494 e. The molecule has 3 aromatic carbocycles. The average molecular weight is 449 g/mol. The minimum atomic E-state index is -0.368. The van der Waals surface area contributed by atoms with Crippen LogP contribution in [0.3, 0.4) is 0 Å². The molecule has 164 valence electrons. The van der Waals surface area contributed by atoms with Crippen molar-refractivity contribution in [3.05, 3.63) is 94.5 Å². The smallest absolute Gasteiger partial charge is 0.199 e. The third kappa shape index (κ3) is 3.78. The Labute approximate surface area is 193 Å². The van der Waals surface area contributed by atoms with Gasteiger partial charge in [0.1, 0.15) is 17.2 Å². The average Bonchev–Trinajstić information content (AvgIpc) is 3.26. The molecule has 2 atom stereocenters. The molecule has 2 unspecified atom stereocenters. The maximum absolute atomic E-state index is 6.48. The summed E-state index contributed by atoms with van der Waals surface area (Å²) in [5.74, 6) is 2.49. The van der Waals surface area contributed by atoms with Crippen molar-refractivity contribution in [3.8, 4) is 17.2 Å². The SMILES string of the molecule is CCOc1ccc(C2=CC3c4cc(Cl)ccc4OC(c4ccccc4OCC)N3N2)cc1. The molecule has 32 heavy (non-hydrogen) atoms. The molecule has 6 heteroatoms. The van der Waals surface area contributed by atoms with Crippen LogP contribution < -0.4 is 19.6 Å². The number of nitrogens with one attached hydrogen (secondary N) is 1. The Kier molecular flexibility index (Phi) is 5.68. The Morgan fingerprint density at radius 1 is 0.938 bits per heavy atom. The first-order chi connectivity index (χ1) is 15.7. The standard InChI is InChI=1S/C26H25ClN2O3/c1-3-30-19-12-9-17(10-13-19)22-16-23-21-15-18(27)11-14-25(21)32-26(29(23)28-22)20-7-5-6-8-24(20)31-4-2/h5-16,23,26,28H,3-4H2,1-2H3. The van der Waals surface area contributed by atoms with Gasteiger partial charge in [-0.15, -0.1) is 0 Å². The molecule has 2 heterocycles. The lowest BCUT2D eigenvalue weighted by Gasteiger charge is -2.39. The molecule has 0 fully saturated rings. The highest BCUT2D eigenvalue weighted by Crippen LogP contribution is 2.48. The summed E-state index contributed by atoms with van der Waals surface area (Å²) in [5, 5.41) is 2.80. The van der Waals surface area contributed by atoms with Crippen LogP contribution in [0.1, 0.15) is 42.8 Å². The van der Waals surface area contributed by atoms with Gasteiger partial charge in [0.15, 0.2) is 6.23 Å². The van der Waals surface area contributed by atoms with Crippen molar-refractivity contribution in [3.63, 3.8) is 0 Å². The van der Waals surface area contributed by atoms with Crippen LogP contribution in [0.25, 0.3) is 5.70 Å². The van der Waals surface area contributed by atoms with Gasteiger partial charge >= 0.3 is 0 Å². The van der Waals surface area contributed by atoms with Crippen molar-refractivity contribution >= 4 is 17.3 Å². The molecule has 5 rings (SSSR count). The number of halogens is 1. The molecule has 0 spiro atoms. The number of para-hydroxylation sites is 1. The maximum Gasteiger partial charge on any atom is 0.199 e. The van der Waals surface area contributed by atoms with Gasteiger partial charge in [-0.1, -0.05) is 29.8 Å². The summed E-state index contributed by atoms with van der Waals surface area (Å²) in [4.78, 5) is 0. The summed E-state index contributed by atoms with van der Waals surface area (Å²) in [6.07, 6.45) is 1.84. The quantitative estimate of drug-likeness (QED) is 0.491. The van der Waals surface area contributed by atoms with Gasteiger partial charge in [0, 0.05) is 10.6 Å². The first-order valence-corrected chi connectivity index (χ1v) is 11.2. The molecule has 0 saturated heterocycles. The monoisotopic (exact) mass is 448 g/mol. The lowest BCUT2D eigenvalue weighted by molar-refractivity contribution is -0.0340. The highest BCUT2D eigenvalue weighted by Gasteiger charge is 2.41. The van der Waals surface area contributed by atoms with Gasteiger partial charge in [-0.3, -0.25) is 0 Å². The van der Waals surface area contributed by atoms with Crippen molar-refractivity contribution in [1.82, 2.24) is 10.4 Å². The predicted molar refractivity (Wildman–Crippen MR) is 126 cm³/mol. The topological polar surface area (TPSA) is 43.0 Å². The summed E-state index contributed by atoms with van der Waals surface area (Å²) in [7, 11) is 0. The zero-order valence-electron chi connectivity index (χ0n) is 18.0. The van der Waals surface area contributed by atoms with Gasteiger partial charge in [-0.25, -0.2) is 0 Å². The number of benzene rings is 3. The van der Waals surface area contributed by atoms with Gasteiger partial charge < -0.3 is 19.6 Å². The van der Waals surface area contributed by atoms with E-state index >= 15 is 0 Å². The highest BCUT2D eigenvalue weighted by molar-refractivity contribution is 6.30. The van der Waals surface area contributed by atoms with Crippen LogP contribution in [0.15, 0.2) is 72.8 Å². The summed E-state index contributed by atoms with van der Waals surface area (Å²) in [6.45, 7) is 5.20. The van der Waals surface area contributed by atoms with Crippen molar-refractivity contribution in [1.29, 1.82) is 0 Å².